The second-order valence-corrected chi connectivity index (χ2v) is 10.3. The van der Waals surface area contributed by atoms with Gasteiger partial charge in [-0.05, 0) is 38.4 Å². The molecule has 1 fully saturated rings. The van der Waals surface area contributed by atoms with E-state index in [1.165, 1.54) is 17.3 Å². The van der Waals surface area contributed by atoms with Gasteiger partial charge in [0.2, 0.25) is 5.91 Å². The summed E-state index contributed by atoms with van der Waals surface area (Å²) in [6.07, 6.45) is 2.75. The number of rotatable bonds is 6. The average Bonchev–Trinajstić information content (AvgIpc) is 3.19. The van der Waals surface area contributed by atoms with E-state index in [-0.39, 0.29) is 17.6 Å². The minimum atomic E-state index is -0.209. The number of para-hydroxylation sites is 1. The molecular formula is C26H31N5O2S. The molecule has 1 atom stereocenters. The van der Waals surface area contributed by atoms with Crippen molar-refractivity contribution in [1.29, 1.82) is 0 Å². The van der Waals surface area contributed by atoms with Crippen LogP contribution in [0.3, 0.4) is 0 Å². The summed E-state index contributed by atoms with van der Waals surface area (Å²) < 4.78 is 8.58. The van der Waals surface area contributed by atoms with Crippen LogP contribution in [0.1, 0.15) is 42.3 Å². The lowest BCUT2D eigenvalue weighted by molar-refractivity contribution is -0.120. The van der Waals surface area contributed by atoms with Gasteiger partial charge in [-0.3, -0.25) is 4.79 Å². The van der Waals surface area contributed by atoms with Crippen LogP contribution >= 0.6 is 11.8 Å². The van der Waals surface area contributed by atoms with E-state index in [1.807, 2.05) is 43.3 Å². The summed E-state index contributed by atoms with van der Waals surface area (Å²) in [6, 6.07) is 18.3. The number of fused-ring (bicyclic) bond motifs is 1. The Kier molecular flexibility index (Phi) is 6.61. The fourth-order valence-electron chi connectivity index (χ4n) is 4.86. The number of ether oxygens (including phenoxy) is 1. The first kappa shape index (κ1) is 22.9. The van der Waals surface area contributed by atoms with Gasteiger partial charge < -0.3 is 19.5 Å². The summed E-state index contributed by atoms with van der Waals surface area (Å²) in [5.41, 5.74) is 2.03. The van der Waals surface area contributed by atoms with Gasteiger partial charge in [-0.25, -0.2) is 0 Å². The second kappa shape index (κ2) is 9.80. The molecule has 0 unspecified atom stereocenters. The molecule has 5 rings (SSSR count). The molecule has 0 bridgehead atoms. The molecule has 1 aromatic heterocycles. The zero-order valence-electron chi connectivity index (χ0n) is 19.7. The molecule has 1 spiro atoms. The predicted octanol–water partition coefficient (Wildman–Crippen LogP) is 3.83. The van der Waals surface area contributed by atoms with Crippen LogP contribution in [0.2, 0.25) is 0 Å². The molecule has 0 radical (unpaired) electrons. The molecule has 178 valence electrons. The Labute approximate surface area is 204 Å². The van der Waals surface area contributed by atoms with Crippen LogP contribution in [0.15, 0.2) is 59.8 Å². The van der Waals surface area contributed by atoms with Crippen molar-refractivity contribution < 1.29 is 9.53 Å². The average molecular weight is 478 g/mol. The number of carbonyl (C=O) groups excluding carboxylic acids is 1. The summed E-state index contributed by atoms with van der Waals surface area (Å²) in [6.45, 7) is 4.65. The predicted molar refractivity (Wildman–Crippen MR) is 133 cm³/mol. The van der Waals surface area contributed by atoms with E-state index in [0.717, 1.165) is 54.6 Å². The number of hydrogen-bond acceptors (Lipinski definition) is 6. The number of benzene rings is 2. The number of hydrogen-bond donors (Lipinski definition) is 1. The van der Waals surface area contributed by atoms with Crippen molar-refractivity contribution in [3.63, 3.8) is 0 Å². The molecule has 2 aliphatic heterocycles. The first-order valence-electron chi connectivity index (χ1n) is 11.8. The van der Waals surface area contributed by atoms with Gasteiger partial charge in [-0.2, -0.15) is 0 Å². The zero-order valence-corrected chi connectivity index (χ0v) is 20.6. The van der Waals surface area contributed by atoms with Crippen molar-refractivity contribution in [3.05, 3.63) is 71.5 Å². The van der Waals surface area contributed by atoms with Gasteiger partial charge in [-0.15, -0.1) is 10.2 Å². The van der Waals surface area contributed by atoms with Crippen LogP contribution in [0, 0.1) is 6.92 Å². The molecule has 3 aromatic rings. The third kappa shape index (κ3) is 4.98. The van der Waals surface area contributed by atoms with Crippen LogP contribution in [0.5, 0.6) is 5.75 Å². The van der Waals surface area contributed by atoms with Crippen LogP contribution in [0.25, 0.3) is 0 Å². The Balaban J connectivity index is 1.26. The highest BCUT2D eigenvalue weighted by Crippen LogP contribution is 2.44. The number of amides is 1. The molecule has 8 heteroatoms. The molecule has 0 aliphatic carbocycles. The normalized spacial score (nSPS) is 19.4. The Morgan fingerprint density at radius 3 is 2.65 bits per heavy atom. The Bertz CT molecular complexity index is 1140. The maximum atomic E-state index is 13.1. The van der Waals surface area contributed by atoms with Gasteiger partial charge in [-0.1, -0.05) is 60.3 Å². The highest BCUT2D eigenvalue weighted by Gasteiger charge is 2.43. The summed E-state index contributed by atoms with van der Waals surface area (Å²) >= 11 is 1.43. The number of carbonyl (C=O) groups is 1. The summed E-state index contributed by atoms with van der Waals surface area (Å²) in [5, 5.41) is 12.6. The number of nitrogens with one attached hydrogen (secondary N) is 1. The lowest BCUT2D eigenvalue weighted by atomic mass is 9.80. The quantitative estimate of drug-likeness (QED) is 0.544. The molecule has 34 heavy (non-hydrogen) atoms. The topological polar surface area (TPSA) is 72.3 Å². The van der Waals surface area contributed by atoms with E-state index in [2.05, 4.69) is 50.2 Å². The lowest BCUT2D eigenvalue weighted by Gasteiger charge is -2.46. The van der Waals surface area contributed by atoms with E-state index in [9.17, 15) is 4.79 Å². The number of thioether (sulfide) groups is 1. The monoisotopic (exact) mass is 477 g/mol. The fourth-order valence-corrected chi connectivity index (χ4v) is 5.66. The molecule has 0 saturated carbocycles. The van der Waals surface area contributed by atoms with E-state index < -0.39 is 0 Å². The molecule has 3 heterocycles. The SMILES string of the molecule is Cc1nnc(SCC(=O)N[C@@H]2CC3(CCN(C)CC3)Oc3ccccc32)n1Cc1ccccc1. The molecule has 1 saturated heterocycles. The smallest absolute Gasteiger partial charge is 0.230 e. The van der Waals surface area contributed by atoms with Crippen molar-refractivity contribution in [3.8, 4) is 5.75 Å². The van der Waals surface area contributed by atoms with Crippen LogP contribution in [0.4, 0.5) is 0 Å². The number of likely N-dealkylation sites (tertiary alicyclic amines) is 1. The third-order valence-corrected chi connectivity index (χ3v) is 7.81. The summed E-state index contributed by atoms with van der Waals surface area (Å²) in [4.78, 5) is 15.4. The minimum absolute atomic E-state index is 0.00157. The molecule has 2 aromatic carbocycles. The van der Waals surface area contributed by atoms with Gasteiger partial charge >= 0.3 is 0 Å². The highest BCUT2D eigenvalue weighted by molar-refractivity contribution is 7.99. The Morgan fingerprint density at radius 1 is 1.12 bits per heavy atom. The van der Waals surface area contributed by atoms with Gasteiger partial charge in [0.15, 0.2) is 5.16 Å². The van der Waals surface area contributed by atoms with Gasteiger partial charge in [0.25, 0.3) is 0 Å². The summed E-state index contributed by atoms with van der Waals surface area (Å²) in [5.74, 6) is 2.04. The van der Waals surface area contributed by atoms with E-state index in [0.29, 0.717) is 12.3 Å². The summed E-state index contributed by atoms with van der Waals surface area (Å²) in [7, 11) is 2.15. The first-order chi connectivity index (χ1) is 16.5. The van der Waals surface area contributed by atoms with Gasteiger partial charge in [0.05, 0.1) is 18.3 Å². The maximum Gasteiger partial charge on any atom is 0.230 e. The van der Waals surface area contributed by atoms with Crippen molar-refractivity contribution in [2.24, 2.45) is 0 Å². The van der Waals surface area contributed by atoms with Crippen molar-refractivity contribution in [2.75, 3.05) is 25.9 Å². The standard InChI is InChI=1S/C26H31N5O2S/c1-19-28-29-25(31(19)17-20-8-4-3-5-9-20)34-18-24(32)27-22-16-26(12-14-30(2)15-13-26)33-23-11-7-6-10-21(22)23/h3-11,22H,12-18H2,1-2H3,(H,27,32)/t22-/m1/s1. The number of piperidine rings is 1. The van der Waals surface area contributed by atoms with Crippen molar-refractivity contribution in [1.82, 2.24) is 25.0 Å². The molecule has 2 aliphatic rings. The number of aryl methyl sites for hydroxylation is 1. The molecular weight excluding hydrogens is 446 g/mol. The van der Waals surface area contributed by atoms with E-state index in [4.69, 9.17) is 4.74 Å². The van der Waals surface area contributed by atoms with Gasteiger partial charge in [0.1, 0.15) is 17.2 Å². The van der Waals surface area contributed by atoms with Gasteiger partial charge in [0, 0.05) is 25.1 Å². The molecule has 1 N–H and O–H groups in total. The maximum absolute atomic E-state index is 13.1. The van der Waals surface area contributed by atoms with Crippen LogP contribution in [-0.4, -0.2) is 57.1 Å². The number of aromatic nitrogens is 3. The Morgan fingerprint density at radius 2 is 1.85 bits per heavy atom. The first-order valence-corrected chi connectivity index (χ1v) is 12.8. The number of nitrogens with zero attached hydrogens (tertiary/aromatic N) is 4. The zero-order chi connectivity index (χ0) is 23.5. The largest absolute Gasteiger partial charge is 0.487 e. The van der Waals surface area contributed by atoms with E-state index in [1.54, 1.807) is 0 Å². The Hall–Kier alpha value is -2.84. The van der Waals surface area contributed by atoms with Crippen molar-refractivity contribution in [2.45, 2.75) is 49.5 Å². The highest BCUT2D eigenvalue weighted by atomic mass is 32.2. The fraction of sp³-hybridized carbons (Fsp3) is 0.423. The minimum Gasteiger partial charge on any atom is -0.487 e. The lowest BCUT2D eigenvalue weighted by Crippen LogP contribution is -2.51. The molecule has 1 amide bonds. The molecule has 7 nitrogen and oxygen atoms in total. The third-order valence-electron chi connectivity index (χ3n) is 6.85. The van der Waals surface area contributed by atoms with Crippen molar-refractivity contribution >= 4 is 17.7 Å². The van der Waals surface area contributed by atoms with E-state index >= 15 is 0 Å². The van der Waals surface area contributed by atoms with Crippen LogP contribution in [-0.2, 0) is 11.3 Å². The second-order valence-electron chi connectivity index (χ2n) is 9.34. The van der Waals surface area contributed by atoms with Crippen LogP contribution < -0.4 is 10.1 Å².